The van der Waals surface area contributed by atoms with Crippen LogP contribution in [0.1, 0.15) is 5.56 Å². The van der Waals surface area contributed by atoms with Crippen molar-refractivity contribution in [1.29, 1.82) is 0 Å². The molecule has 0 heterocycles. The topological polar surface area (TPSA) is 9.23 Å². The Morgan fingerprint density at radius 1 is 0.529 bits per heavy atom. The van der Waals surface area contributed by atoms with E-state index >= 15 is 0 Å². The van der Waals surface area contributed by atoms with Gasteiger partial charge in [-0.05, 0) is 19.1 Å². The van der Waals surface area contributed by atoms with Crippen LogP contribution >= 0.6 is 0 Å². The van der Waals surface area contributed by atoms with Crippen LogP contribution in [0.5, 0.6) is 5.75 Å². The number of benzene rings is 1. The lowest BCUT2D eigenvalue weighted by Crippen LogP contribution is -2.75. The fourth-order valence-corrected chi connectivity index (χ4v) is 2.10. The standard InChI is InChI=1S/C16H9F17O/c1-7-2-4-8(5-3-7)34-16(32,33)15(30,31)14(28,29)13(26,27)12(24,25)11(22,23)10(20,21)9(18,19)6-17/h2-5H,6H2,1H3. The van der Waals surface area contributed by atoms with Crippen molar-refractivity contribution in [3.05, 3.63) is 29.8 Å². The van der Waals surface area contributed by atoms with E-state index in [1.54, 1.807) is 0 Å². The summed E-state index contributed by atoms with van der Waals surface area (Å²) in [4.78, 5) is 0. The number of rotatable bonds is 10. The second-order valence-electron chi connectivity index (χ2n) is 6.72. The summed E-state index contributed by atoms with van der Waals surface area (Å²) in [6.07, 6.45) is -6.90. The molecule has 0 N–H and O–H groups in total. The number of aryl methyl sites for hydroxylation is 1. The molecule has 0 aliphatic carbocycles. The van der Waals surface area contributed by atoms with Gasteiger partial charge in [0.25, 0.3) is 0 Å². The molecule has 0 aliphatic rings. The monoisotopic (exact) mass is 540 g/mol. The first kappa shape index (κ1) is 29.9. The van der Waals surface area contributed by atoms with Crippen LogP contribution < -0.4 is 4.74 Å². The maximum Gasteiger partial charge on any atom is 0.471 e. The van der Waals surface area contributed by atoms with Crippen LogP contribution in [0.15, 0.2) is 24.3 Å². The molecule has 1 nitrogen and oxygen atoms in total. The third kappa shape index (κ3) is 3.99. The van der Waals surface area contributed by atoms with Crippen molar-refractivity contribution in [2.75, 3.05) is 6.67 Å². The van der Waals surface area contributed by atoms with Gasteiger partial charge in [0.15, 0.2) is 6.67 Å². The zero-order chi connectivity index (χ0) is 27.4. The lowest BCUT2D eigenvalue weighted by Gasteiger charge is -2.43. The van der Waals surface area contributed by atoms with Crippen LogP contribution in [0, 0.1) is 6.92 Å². The third-order valence-corrected chi connectivity index (χ3v) is 4.23. The summed E-state index contributed by atoms with van der Waals surface area (Å²) in [7, 11) is 0. The van der Waals surface area contributed by atoms with E-state index in [1.807, 2.05) is 0 Å². The molecule has 0 saturated carbocycles. The van der Waals surface area contributed by atoms with E-state index in [1.165, 1.54) is 6.92 Å². The highest BCUT2D eigenvalue weighted by Gasteiger charge is 2.95. The SMILES string of the molecule is Cc1ccc(OC(F)(F)C(F)(F)C(F)(F)C(F)(F)C(F)(F)C(F)(F)C(F)(F)C(F)(F)CF)cc1. The molecule has 1 aromatic rings. The molecule has 0 radical (unpaired) electrons. The largest absolute Gasteiger partial charge is 0.471 e. The Morgan fingerprint density at radius 2 is 0.853 bits per heavy atom. The van der Waals surface area contributed by atoms with E-state index in [2.05, 4.69) is 4.74 Å². The smallest absolute Gasteiger partial charge is 0.428 e. The van der Waals surface area contributed by atoms with Crippen LogP contribution in [-0.2, 0) is 0 Å². The van der Waals surface area contributed by atoms with Gasteiger partial charge >= 0.3 is 47.6 Å². The lowest BCUT2D eigenvalue weighted by atomic mass is 9.89. The van der Waals surface area contributed by atoms with Crippen LogP contribution in [0.25, 0.3) is 0 Å². The fraction of sp³-hybridized carbons (Fsp3) is 0.625. The van der Waals surface area contributed by atoms with Gasteiger partial charge in [-0.3, -0.25) is 0 Å². The summed E-state index contributed by atoms with van der Waals surface area (Å²) in [5.41, 5.74) is 0.215. The predicted octanol–water partition coefficient (Wildman–Crippen LogP) is 7.38. The molecule has 1 rings (SSSR count). The molecular weight excluding hydrogens is 531 g/mol. The molecular formula is C16H9F17O. The van der Waals surface area contributed by atoms with Gasteiger partial charge in [-0.25, -0.2) is 4.39 Å². The number of hydrogen-bond acceptors (Lipinski definition) is 1. The van der Waals surface area contributed by atoms with Crippen molar-refractivity contribution in [2.45, 2.75) is 54.5 Å². The molecule has 34 heavy (non-hydrogen) atoms. The Morgan fingerprint density at radius 3 is 1.21 bits per heavy atom. The van der Waals surface area contributed by atoms with Crippen molar-refractivity contribution in [3.63, 3.8) is 0 Å². The molecule has 0 bridgehead atoms. The number of alkyl halides is 17. The summed E-state index contributed by atoms with van der Waals surface area (Å²) in [5.74, 6) is -58.0. The maximum atomic E-state index is 13.7. The molecule has 0 fully saturated rings. The first-order valence-corrected chi connectivity index (χ1v) is 8.12. The van der Waals surface area contributed by atoms with E-state index in [0.29, 0.717) is 12.1 Å². The summed E-state index contributed by atoms with van der Waals surface area (Å²) in [5, 5.41) is 0. The summed E-state index contributed by atoms with van der Waals surface area (Å²) >= 11 is 0. The average Bonchev–Trinajstić information content (AvgIpc) is 2.68. The molecule has 0 aliphatic heterocycles. The molecule has 0 spiro atoms. The highest BCUT2D eigenvalue weighted by molar-refractivity contribution is 5.27. The second kappa shape index (κ2) is 8.20. The third-order valence-electron chi connectivity index (χ3n) is 4.23. The Hall–Kier alpha value is -2.17. The van der Waals surface area contributed by atoms with Gasteiger partial charge in [-0.15, -0.1) is 0 Å². The van der Waals surface area contributed by atoms with Gasteiger partial charge < -0.3 is 4.74 Å². The van der Waals surface area contributed by atoms with Crippen LogP contribution in [0.4, 0.5) is 74.6 Å². The minimum atomic E-state index is -8.59. The van der Waals surface area contributed by atoms with Crippen LogP contribution in [-0.4, -0.2) is 54.2 Å². The highest BCUT2D eigenvalue weighted by atomic mass is 19.4. The lowest BCUT2D eigenvalue weighted by molar-refractivity contribution is -0.465. The fourth-order valence-electron chi connectivity index (χ4n) is 2.10. The van der Waals surface area contributed by atoms with Gasteiger partial charge in [-0.1, -0.05) is 17.7 Å². The summed E-state index contributed by atoms with van der Waals surface area (Å²) in [6, 6.07) is 2.38. The number of ether oxygens (including phenoxy) is 1. The summed E-state index contributed by atoms with van der Waals surface area (Å²) in [6.45, 7) is -2.65. The number of hydrogen-bond donors (Lipinski definition) is 0. The molecule has 0 amide bonds. The predicted molar refractivity (Wildman–Crippen MR) is 77.4 cm³/mol. The molecule has 0 saturated heterocycles. The van der Waals surface area contributed by atoms with Gasteiger partial charge in [0.05, 0.1) is 0 Å². The molecule has 0 aromatic heterocycles. The Bertz CT molecular complexity index is 859. The van der Waals surface area contributed by atoms with Gasteiger partial charge in [0.2, 0.25) is 0 Å². The average molecular weight is 540 g/mol. The van der Waals surface area contributed by atoms with Crippen LogP contribution in [0.3, 0.4) is 0 Å². The van der Waals surface area contributed by atoms with Crippen molar-refractivity contribution in [1.82, 2.24) is 0 Å². The van der Waals surface area contributed by atoms with Gasteiger partial charge in [-0.2, -0.15) is 70.2 Å². The van der Waals surface area contributed by atoms with E-state index in [0.717, 1.165) is 12.1 Å². The molecule has 1 aromatic carbocycles. The summed E-state index contributed by atoms with van der Waals surface area (Å²) < 4.78 is 229. The Labute approximate surface area is 177 Å². The molecule has 0 atom stereocenters. The van der Waals surface area contributed by atoms with Gasteiger partial charge in [0, 0.05) is 0 Å². The van der Waals surface area contributed by atoms with Crippen molar-refractivity contribution < 1.29 is 79.4 Å². The van der Waals surface area contributed by atoms with Gasteiger partial charge in [0.1, 0.15) is 5.75 Å². The highest BCUT2D eigenvalue weighted by Crippen LogP contribution is 2.63. The molecule has 18 heteroatoms. The van der Waals surface area contributed by atoms with E-state index in [4.69, 9.17) is 0 Å². The first-order valence-electron chi connectivity index (χ1n) is 8.12. The van der Waals surface area contributed by atoms with Crippen molar-refractivity contribution in [2.24, 2.45) is 0 Å². The first-order chi connectivity index (χ1) is 14.8. The quantitative estimate of drug-likeness (QED) is 0.282. The molecule has 0 unspecified atom stereocenters. The molecule has 198 valence electrons. The second-order valence-corrected chi connectivity index (χ2v) is 6.72. The zero-order valence-electron chi connectivity index (χ0n) is 15.9. The maximum absolute atomic E-state index is 13.7. The van der Waals surface area contributed by atoms with Crippen molar-refractivity contribution >= 4 is 0 Å². The Kier molecular flexibility index (Phi) is 7.20. The van der Waals surface area contributed by atoms with Crippen LogP contribution in [0.2, 0.25) is 0 Å². The minimum absolute atomic E-state index is 0.215. The van der Waals surface area contributed by atoms with E-state index < -0.39 is 60.0 Å². The Balaban J connectivity index is 3.58. The zero-order valence-corrected chi connectivity index (χ0v) is 15.9. The van der Waals surface area contributed by atoms with E-state index in [-0.39, 0.29) is 5.56 Å². The normalized spacial score (nSPS) is 15.5. The number of halogens is 17. The van der Waals surface area contributed by atoms with E-state index in [9.17, 15) is 74.6 Å². The van der Waals surface area contributed by atoms with Crippen molar-refractivity contribution in [3.8, 4) is 5.75 Å². The minimum Gasteiger partial charge on any atom is -0.428 e.